The molecule has 12 heteroatoms. The van der Waals surface area contributed by atoms with Gasteiger partial charge in [0.2, 0.25) is 5.75 Å². The van der Waals surface area contributed by atoms with Crippen LogP contribution in [0, 0.1) is 0 Å². The second-order valence-corrected chi connectivity index (χ2v) is 9.12. The van der Waals surface area contributed by atoms with Crippen LogP contribution in [0.3, 0.4) is 0 Å². The summed E-state index contributed by atoms with van der Waals surface area (Å²) in [5.41, 5.74) is 5.37. The number of ether oxygens (including phenoxy) is 3. The molecule has 2 N–H and O–H groups in total. The minimum atomic E-state index is -0.221. The standard InChI is InChI=1S/C28H32N6O4.2BrH/c1-33(20-14-25(36-2)27(38-4)26(15-20)37-3)28(35)24-16-23-22(32-24)6-5-21(31-23)18-7-8-30-19(13-18)17-34-11-9-29-10-12-34;;/h5-8,13-16,29,32H,9-12,17H2,1-4H3;2*1H. The molecule has 40 heavy (non-hydrogen) atoms. The largest absolute Gasteiger partial charge is 0.493 e. The lowest BCUT2D eigenvalue weighted by Crippen LogP contribution is -2.43. The first-order valence-electron chi connectivity index (χ1n) is 12.5. The number of nitrogens with one attached hydrogen (secondary N) is 2. The van der Waals surface area contributed by atoms with Gasteiger partial charge in [0, 0.05) is 63.7 Å². The third kappa shape index (κ3) is 6.57. The Morgan fingerprint density at radius 2 is 1.68 bits per heavy atom. The van der Waals surface area contributed by atoms with Crippen molar-refractivity contribution < 1.29 is 19.0 Å². The van der Waals surface area contributed by atoms with Crippen molar-refractivity contribution in [3.8, 4) is 28.5 Å². The molecular formula is C28H34Br2N6O4. The maximum absolute atomic E-state index is 13.4. The Balaban J connectivity index is 0.00000220. The van der Waals surface area contributed by atoms with Crippen LogP contribution in [0.1, 0.15) is 16.2 Å². The number of aromatic nitrogens is 3. The molecule has 0 atom stereocenters. The quantitative estimate of drug-likeness (QED) is 0.281. The number of nitrogens with zero attached hydrogens (tertiary/aromatic N) is 4. The molecule has 214 valence electrons. The Kier molecular flexibility index (Phi) is 10.9. The van der Waals surface area contributed by atoms with E-state index in [4.69, 9.17) is 19.2 Å². The molecule has 0 unspecified atom stereocenters. The third-order valence-corrected chi connectivity index (χ3v) is 6.75. The number of pyridine rings is 2. The second-order valence-electron chi connectivity index (χ2n) is 9.12. The lowest BCUT2D eigenvalue weighted by molar-refractivity contribution is 0.0989. The lowest BCUT2D eigenvalue weighted by atomic mass is 10.1. The van der Waals surface area contributed by atoms with Gasteiger partial charge in [-0.05, 0) is 30.3 Å². The summed E-state index contributed by atoms with van der Waals surface area (Å²) in [7, 11) is 6.33. The van der Waals surface area contributed by atoms with Crippen molar-refractivity contribution in [3.63, 3.8) is 0 Å². The van der Waals surface area contributed by atoms with E-state index >= 15 is 0 Å². The highest BCUT2D eigenvalue weighted by Gasteiger charge is 2.21. The molecule has 3 aromatic heterocycles. The minimum absolute atomic E-state index is 0. The number of hydrogen-bond acceptors (Lipinski definition) is 8. The molecule has 1 amide bonds. The number of carbonyl (C=O) groups excluding carboxylic acids is 1. The SMILES string of the molecule is Br.Br.COc1cc(N(C)C(=O)c2cc3nc(-c4ccnc(CN5CCNCC5)c4)ccc3[nH]2)cc(OC)c1OC. The summed E-state index contributed by atoms with van der Waals surface area (Å²) in [6.45, 7) is 4.85. The van der Waals surface area contributed by atoms with Gasteiger partial charge >= 0.3 is 0 Å². The summed E-state index contributed by atoms with van der Waals surface area (Å²) in [5, 5.41) is 3.38. The molecule has 0 aliphatic carbocycles. The summed E-state index contributed by atoms with van der Waals surface area (Å²) >= 11 is 0. The molecule has 1 saturated heterocycles. The van der Waals surface area contributed by atoms with Gasteiger partial charge in [0.05, 0.1) is 49.4 Å². The predicted octanol–water partition coefficient (Wildman–Crippen LogP) is 4.49. The number of halogens is 2. The fourth-order valence-electron chi connectivity index (χ4n) is 4.67. The normalized spacial score (nSPS) is 13.2. The van der Waals surface area contributed by atoms with E-state index in [0.29, 0.717) is 34.1 Å². The average Bonchev–Trinajstić information content (AvgIpc) is 3.39. The number of piperazine rings is 1. The van der Waals surface area contributed by atoms with Crippen LogP contribution in [0.4, 0.5) is 5.69 Å². The molecule has 1 fully saturated rings. The number of benzene rings is 1. The zero-order valence-electron chi connectivity index (χ0n) is 22.9. The van der Waals surface area contributed by atoms with Gasteiger partial charge < -0.3 is 29.4 Å². The Labute approximate surface area is 254 Å². The third-order valence-electron chi connectivity index (χ3n) is 6.75. The first-order valence-corrected chi connectivity index (χ1v) is 12.5. The molecule has 1 aliphatic heterocycles. The van der Waals surface area contributed by atoms with E-state index < -0.39 is 0 Å². The van der Waals surface area contributed by atoms with Crippen LogP contribution in [-0.4, -0.2) is 80.3 Å². The number of rotatable bonds is 8. The summed E-state index contributed by atoms with van der Waals surface area (Å²) in [6, 6.07) is 13.2. The number of H-pyrrole nitrogens is 1. The van der Waals surface area contributed by atoms with E-state index in [2.05, 4.69) is 26.3 Å². The predicted molar refractivity (Wildman–Crippen MR) is 167 cm³/mol. The monoisotopic (exact) mass is 676 g/mol. The van der Waals surface area contributed by atoms with Gasteiger partial charge in [0.1, 0.15) is 5.69 Å². The van der Waals surface area contributed by atoms with Crippen molar-refractivity contribution in [2.45, 2.75) is 6.54 Å². The van der Waals surface area contributed by atoms with E-state index in [9.17, 15) is 4.79 Å². The van der Waals surface area contributed by atoms with Crippen LogP contribution in [0.25, 0.3) is 22.3 Å². The van der Waals surface area contributed by atoms with Crippen molar-refractivity contribution in [2.75, 3.05) is 59.5 Å². The van der Waals surface area contributed by atoms with Gasteiger partial charge in [-0.3, -0.25) is 14.7 Å². The molecular weight excluding hydrogens is 644 g/mol. The van der Waals surface area contributed by atoms with Crippen LogP contribution in [-0.2, 0) is 6.54 Å². The van der Waals surface area contributed by atoms with Crippen LogP contribution < -0.4 is 24.4 Å². The molecule has 10 nitrogen and oxygen atoms in total. The van der Waals surface area contributed by atoms with Crippen molar-refractivity contribution in [3.05, 3.63) is 60.0 Å². The van der Waals surface area contributed by atoms with Gasteiger partial charge in [-0.1, -0.05) is 0 Å². The molecule has 0 bridgehead atoms. The fourth-order valence-corrected chi connectivity index (χ4v) is 4.67. The zero-order valence-corrected chi connectivity index (χ0v) is 26.3. The highest BCUT2D eigenvalue weighted by molar-refractivity contribution is 8.93. The highest BCUT2D eigenvalue weighted by atomic mass is 79.9. The molecule has 1 aliphatic rings. The Morgan fingerprint density at radius 1 is 0.975 bits per heavy atom. The van der Waals surface area contributed by atoms with Crippen LogP contribution in [0.5, 0.6) is 17.2 Å². The lowest BCUT2D eigenvalue weighted by Gasteiger charge is -2.26. The Bertz CT molecular complexity index is 1430. The number of amides is 1. The molecule has 4 aromatic rings. The van der Waals surface area contributed by atoms with E-state index in [1.54, 1.807) is 46.6 Å². The minimum Gasteiger partial charge on any atom is -0.493 e. The smallest absolute Gasteiger partial charge is 0.274 e. The van der Waals surface area contributed by atoms with E-state index in [1.807, 2.05) is 24.4 Å². The zero-order chi connectivity index (χ0) is 26.6. The molecule has 4 heterocycles. The van der Waals surface area contributed by atoms with Gasteiger partial charge in [0.25, 0.3) is 5.91 Å². The number of carbonyl (C=O) groups is 1. The van der Waals surface area contributed by atoms with Crippen LogP contribution in [0.15, 0.2) is 48.7 Å². The van der Waals surface area contributed by atoms with Crippen molar-refractivity contribution in [1.82, 2.24) is 25.2 Å². The first kappa shape index (κ1) is 31.3. The van der Waals surface area contributed by atoms with E-state index in [0.717, 1.165) is 55.2 Å². The van der Waals surface area contributed by atoms with Crippen LogP contribution >= 0.6 is 34.0 Å². The maximum atomic E-state index is 13.4. The van der Waals surface area contributed by atoms with Gasteiger partial charge in [-0.15, -0.1) is 34.0 Å². The number of aromatic amines is 1. The Morgan fingerprint density at radius 3 is 2.33 bits per heavy atom. The van der Waals surface area contributed by atoms with E-state index in [-0.39, 0.29) is 39.9 Å². The van der Waals surface area contributed by atoms with Gasteiger partial charge in [-0.2, -0.15) is 0 Å². The molecule has 1 aromatic carbocycles. The van der Waals surface area contributed by atoms with Crippen molar-refractivity contribution in [2.24, 2.45) is 0 Å². The van der Waals surface area contributed by atoms with E-state index in [1.165, 1.54) is 4.90 Å². The topological polar surface area (TPSA) is 105 Å². The number of methoxy groups -OCH3 is 3. The molecule has 0 radical (unpaired) electrons. The summed E-state index contributed by atoms with van der Waals surface area (Å²) in [4.78, 5) is 29.9. The maximum Gasteiger partial charge on any atom is 0.274 e. The van der Waals surface area contributed by atoms with Gasteiger partial charge in [-0.25, -0.2) is 4.98 Å². The highest BCUT2D eigenvalue weighted by Crippen LogP contribution is 2.41. The van der Waals surface area contributed by atoms with Crippen molar-refractivity contribution in [1.29, 1.82) is 0 Å². The number of anilines is 1. The Hall–Kier alpha value is -3.19. The van der Waals surface area contributed by atoms with Crippen molar-refractivity contribution >= 4 is 56.6 Å². The number of fused-ring (bicyclic) bond motifs is 1. The van der Waals surface area contributed by atoms with Crippen LogP contribution in [0.2, 0.25) is 0 Å². The second kappa shape index (κ2) is 13.9. The number of hydrogen-bond donors (Lipinski definition) is 2. The average molecular weight is 678 g/mol. The fraction of sp³-hybridized carbons (Fsp3) is 0.321. The molecule has 0 saturated carbocycles. The summed E-state index contributed by atoms with van der Waals surface area (Å²) in [5.74, 6) is 1.19. The molecule has 5 rings (SSSR count). The summed E-state index contributed by atoms with van der Waals surface area (Å²) < 4.78 is 16.3. The first-order chi connectivity index (χ1) is 18.5. The molecule has 0 spiro atoms. The van der Waals surface area contributed by atoms with Gasteiger partial charge in [0.15, 0.2) is 11.5 Å². The summed E-state index contributed by atoms with van der Waals surface area (Å²) in [6.07, 6.45) is 1.83.